The molecule has 0 aliphatic heterocycles. The molecule has 0 unspecified atom stereocenters. The first kappa shape index (κ1) is 15.2. The number of nitrogens with one attached hydrogen (secondary N) is 3. The number of carbonyl (C=O) groups excluding carboxylic acids is 1. The highest BCUT2D eigenvalue weighted by Gasteiger charge is 2.10. The van der Waals surface area contributed by atoms with Gasteiger partial charge in [-0.25, -0.2) is 15.0 Å². The fourth-order valence-corrected chi connectivity index (χ4v) is 1.93. The van der Waals surface area contributed by atoms with Crippen molar-refractivity contribution < 1.29 is 4.79 Å². The minimum absolute atomic E-state index is 0.261. The number of pyridine rings is 1. The molecule has 5 N–H and O–H groups in total. The van der Waals surface area contributed by atoms with Gasteiger partial charge in [0.2, 0.25) is 0 Å². The lowest BCUT2D eigenvalue weighted by Crippen LogP contribution is -2.30. The lowest BCUT2D eigenvalue weighted by molar-refractivity contribution is 0.0962. The second-order valence-electron chi connectivity index (χ2n) is 4.77. The molecule has 1 aromatic carbocycles. The number of carbonyl (C=O) groups is 1. The van der Waals surface area contributed by atoms with Gasteiger partial charge in [0.15, 0.2) is 11.6 Å². The van der Waals surface area contributed by atoms with E-state index in [4.69, 9.17) is 5.73 Å². The standard InChI is InChI=1S/C16H15N7O/c17-13-14(21-12-8-4-5-9-18-12)19-10-20-15(13)22-23-16(24)11-6-2-1-3-7-11/h1-10H,17H2,(H,23,24)(H2,18,19,20,21,22). The SMILES string of the molecule is Nc1c(NNC(=O)c2ccccc2)ncnc1Nc1ccccn1. The van der Waals surface area contributed by atoms with Crippen LogP contribution in [0.1, 0.15) is 10.4 Å². The van der Waals surface area contributed by atoms with Gasteiger partial charge in [-0.1, -0.05) is 24.3 Å². The normalized spacial score (nSPS) is 10.0. The zero-order valence-corrected chi connectivity index (χ0v) is 12.6. The maximum absolute atomic E-state index is 12.0. The molecule has 0 spiro atoms. The Balaban J connectivity index is 1.70. The fourth-order valence-electron chi connectivity index (χ4n) is 1.93. The number of rotatable bonds is 5. The van der Waals surface area contributed by atoms with Crippen molar-refractivity contribution in [2.75, 3.05) is 16.5 Å². The molecule has 0 radical (unpaired) electrons. The van der Waals surface area contributed by atoms with Gasteiger partial charge >= 0.3 is 0 Å². The van der Waals surface area contributed by atoms with E-state index in [0.29, 0.717) is 17.2 Å². The average molecular weight is 321 g/mol. The van der Waals surface area contributed by atoms with Crippen LogP contribution >= 0.6 is 0 Å². The maximum Gasteiger partial charge on any atom is 0.269 e. The fraction of sp³-hybridized carbons (Fsp3) is 0. The van der Waals surface area contributed by atoms with E-state index >= 15 is 0 Å². The molecule has 0 bridgehead atoms. The summed E-state index contributed by atoms with van der Waals surface area (Å²) in [7, 11) is 0. The summed E-state index contributed by atoms with van der Waals surface area (Å²) in [4.78, 5) is 24.3. The average Bonchev–Trinajstić information content (AvgIpc) is 2.64. The minimum Gasteiger partial charge on any atom is -0.393 e. The number of aromatic nitrogens is 3. The molecular formula is C16H15N7O. The molecule has 3 rings (SSSR count). The van der Waals surface area contributed by atoms with Crippen molar-refractivity contribution in [1.29, 1.82) is 0 Å². The number of benzene rings is 1. The van der Waals surface area contributed by atoms with E-state index < -0.39 is 0 Å². The van der Waals surface area contributed by atoms with E-state index in [0.717, 1.165) is 0 Å². The van der Waals surface area contributed by atoms with E-state index in [1.165, 1.54) is 6.33 Å². The van der Waals surface area contributed by atoms with Crippen molar-refractivity contribution in [2.45, 2.75) is 0 Å². The molecule has 0 aliphatic carbocycles. The Hall–Kier alpha value is -3.68. The van der Waals surface area contributed by atoms with E-state index in [-0.39, 0.29) is 17.4 Å². The number of anilines is 4. The summed E-state index contributed by atoms with van der Waals surface area (Å²) >= 11 is 0. The number of nitrogens with zero attached hydrogens (tertiary/aromatic N) is 3. The van der Waals surface area contributed by atoms with E-state index in [2.05, 4.69) is 31.1 Å². The predicted octanol–water partition coefficient (Wildman–Crippen LogP) is 1.95. The molecular weight excluding hydrogens is 306 g/mol. The zero-order chi connectivity index (χ0) is 16.8. The zero-order valence-electron chi connectivity index (χ0n) is 12.6. The van der Waals surface area contributed by atoms with Crippen molar-refractivity contribution in [3.63, 3.8) is 0 Å². The highest BCUT2D eigenvalue weighted by atomic mass is 16.2. The highest BCUT2D eigenvalue weighted by Crippen LogP contribution is 2.24. The summed E-state index contributed by atoms with van der Waals surface area (Å²) in [5.74, 6) is 0.975. The van der Waals surface area contributed by atoms with Crippen LogP contribution in [0.25, 0.3) is 0 Å². The first-order valence-corrected chi connectivity index (χ1v) is 7.14. The molecule has 0 saturated carbocycles. The number of amides is 1. The van der Waals surface area contributed by atoms with Crippen molar-refractivity contribution in [3.05, 3.63) is 66.6 Å². The minimum atomic E-state index is -0.298. The largest absolute Gasteiger partial charge is 0.393 e. The summed E-state index contributed by atoms with van der Waals surface area (Å²) < 4.78 is 0. The molecule has 8 heteroatoms. The van der Waals surface area contributed by atoms with Gasteiger partial charge in [0.1, 0.15) is 17.8 Å². The quantitative estimate of drug-likeness (QED) is 0.530. The number of nitrogens with two attached hydrogens (primary N) is 1. The highest BCUT2D eigenvalue weighted by molar-refractivity contribution is 5.95. The van der Waals surface area contributed by atoms with Crippen LogP contribution in [0.5, 0.6) is 0 Å². The lowest BCUT2D eigenvalue weighted by atomic mass is 10.2. The molecule has 1 amide bonds. The Kier molecular flexibility index (Phi) is 4.47. The number of hydrogen-bond acceptors (Lipinski definition) is 7. The van der Waals surface area contributed by atoms with Gasteiger partial charge < -0.3 is 11.1 Å². The van der Waals surface area contributed by atoms with Crippen LogP contribution in [0.3, 0.4) is 0 Å². The van der Waals surface area contributed by atoms with Crippen molar-refractivity contribution in [2.24, 2.45) is 0 Å². The Labute approximate surface area is 138 Å². The first-order chi connectivity index (χ1) is 11.7. The second kappa shape index (κ2) is 7.05. The van der Waals surface area contributed by atoms with Crippen LogP contribution in [-0.4, -0.2) is 20.9 Å². The molecule has 0 aliphatic rings. The van der Waals surface area contributed by atoms with E-state index in [1.54, 1.807) is 42.6 Å². The molecule has 8 nitrogen and oxygen atoms in total. The summed E-state index contributed by atoms with van der Waals surface area (Å²) in [6.07, 6.45) is 2.98. The predicted molar refractivity (Wildman–Crippen MR) is 91.5 cm³/mol. The van der Waals surface area contributed by atoms with E-state index in [1.807, 2.05) is 12.1 Å². The summed E-state index contributed by atoms with van der Waals surface area (Å²) in [6, 6.07) is 14.2. The Morgan fingerprint density at radius 2 is 1.67 bits per heavy atom. The number of nitrogen functional groups attached to an aromatic ring is 1. The van der Waals surface area contributed by atoms with Crippen LogP contribution in [0.2, 0.25) is 0 Å². The van der Waals surface area contributed by atoms with Gasteiger partial charge in [-0.15, -0.1) is 0 Å². The smallest absolute Gasteiger partial charge is 0.269 e. The van der Waals surface area contributed by atoms with Gasteiger partial charge in [0.05, 0.1) is 0 Å². The summed E-state index contributed by atoms with van der Waals surface area (Å²) in [6.45, 7) is 0. The Bertz CT molecular complexity index is 824. The van der Waals surface area contributed by atoms with Gasteiger partial charge in [0.25, 0.3) is 5.91 Å². The third-order valence-electron chi connectivity index (χ3n) is 3.13. The van der Waals surface area contributed by atoms with Gasteiger partial charge in [-0.3, -0.25) is 15.6 Å². The van der Waals surface area contributed by atoms with Crippen LogP contribution in [-0.2, 0) is 0 Å². The van der Waals surface area contributed by atoms with Gasteiger partial charge in [0, 0.05) is 11.8 Å². The van der Waals surface area contributed by atoms with Crippen molar-refractivity contribution in [3.8, 4) is 0 Å². The number of hydrazine groups is 1. The molecule has 2 heterocycles. The first-order valence-electron chi connectivity index (χ1n) is 7.14. The molecule has 0 fully saturated rings. The Morgan fingerprint density at radius 1 is 0.917 bits per heavy atom. The molecule has 0 atom stereocenters. The van der Waals surface area contributed by atoms with Gasteiger partial charge in [-0.05, 0) is 24.3 Å². The molecule has 24 heavy (non-hydrogen) atoms. The summed E-state index contributed by atoms with van der Waals surface area (Å²) in [5, 5.41) is 2.99. The molecule has 120 valence electrons. The van der Waals surface area contributed by atoms with Crippen LogP contribution in [0, 0.1) is 0 Å². The lowest BCUT2D eigenvalue weighted by Gasteiger charge is -2.12. The van der Waals surface area contributed by atoms with E-state index in [9.17, 15) is 4.79 Å². The van der Waals surface area contributed by atoms with Crippen LogP contribution in [0.15, 0.2) is 61.1 Å². The maximum atomic E-state index is 12.0. The van der Waals surface area contributed by atoms with Crippen molar-refractivity contribution in [1.82, 2.24) is 20.4 Å². The third-order valence-corrected chi connectivity index (χ3v) is 3.13. The third kappa shape index (κ3) is 3.55. The van der Waals surface area contributed by atoms with Crippen molar-refractivity contribution >= 4 is 29.0 Å². The second-order valence-corrected chi connectivity index (χ2v) is 4.77. The summed E-state index contributed by atoms with van der Waals surface area (Å²) in [5.41, 5.74) is 12.1. The topological polar surface area (TPSA) is 118 Å². The van der Waals surface area contributed by atoms with Gasteiger partial charge in [-0.2, -0.15) is 0 Å². The Morgan fingerprint density at radius 3 is 2.42 bits per heavy atom. The molecule has 3 aromatic rings. The molecule has 2 aromatic heterocycles. The van der Waals surface area contributed by atoms with Crippen LogP contribution < -0.4 is 21.9 Å². The van der Waals surface area contributed by atoms with Crippen LogP contribution in [0.4, 0.5) is 23.1 Å². The molecule has 0 saturated heterocycles. The number of hydrogen-bond donors (Lipinski definition) is 4. The monoisotopic (exact) mass is 321 g/mol.